The molecule has 0 saturated heterocycles. The van der Waals surface area contributed by atoms with Gasteiger partial charge < -0.3 is 14.0 Å². The number of benzene rings is 2. The van der Waals surface area contributed by atoms with Crippen LogP contribution in [0.4, 0.5) is 8.78 Å². The van der Waals surface area contributed by atoms with E-state index in [0.29, 0.717) is 39.8 Å². The van der Waals surface area contributed by atoms with Gasteiger partial charge in [-0.05, 0) is 56.1 Å². The molecule has 0 fully saturated rings. The van der Waals surface area contributed by atoms with E-state index >= 15 is 0 Å². The number of hydrogen-bond acceptors (Lipinski definition) is 6. The van der Waals surface area contributed by atoms with Crippen molar-refractivity contribution in [2.75, 3.05) is 19.9 Å². The first kappa shape index (κ1) is 23.6. The van der Waals surface area contributed by atoms with Crippen LogP contribution in [-0.2, 0) is 4.57 Å². The maximum atomic E-state index is 13.7. The third kappa shape index (κ3) is 4.84. The van der Waals surface area contributed by atoms with Crippen LogP contribution in [0.25, 0.3) is 27.8 Å². The SMILES string of the molecule is CCOc1ncc2cc(-c3ccc(P(C)(C)=O)cc3)c(=O)n(-c3ccc(OC(F)F)cc3)c2n1. The van der Waals surface area contributed by atoms with Gasteiger partial charge in [0.25, 0.3) is 5.56 Å². The highest BCUT2D eigenvalue weighted by Gasteiger charge is 2.17. The summed E-state index contributed by atoms with van der Waals surface area (Å²) in [5.41, 5.74) is 1.34. The number of pyridine rings is 1. The number of ether oxygens (including phenoxy) is 2. The van der Waals surface area contributed by atoms with Gasteiger partial charge in [-0.3, -0.25) is 9.36 Å². The fourth-order valence-electron chi connectivity index (χ4n) is 3.50. The summed E-state index contributed by atoms with van der Waals surface area (Å²) in [6, 6.07) is 14.5. The van der Waals surface area contributed by atoms with Crippen LogP contribution in [0.1, 0.15) is 6.92 Å². The van der Waals surface area contributed by atoms with Crippen molar-refractivity contribution in [1.29, 1.82) is 0 Å². The van der Waals surface area contributed by atoms with Crippen LogP contribution in [-0.4, -0.2) is 41.1 Å². The van der Waals surface area contributed by atoms with Crippen LogP contribution < -0.4 is 20.3 Å². The van der Waals surface area contributed by atoms with Crippen molar-refractivity contribution < 1.29 is 22.8 Å². The van der Waals surface area contributed by atoms with Crippen LogP contribution in [0, 0.1) is 0 Å². The van der Waals surface area contributed by atoms with E-state index in [9.17, 15) is 18.1 Å². The van der Waals surface area contributed by atoms with Gasteiger partial charge in [0.15, 0.2) is 5.65 Å². The Hall–Kier alpha value is -3.58. The standard InChI is InChI=1S/C24H22F2N3O4P/c1-4-32-24-27-14-16-13-20(15-5-11-19(12-6-15)34(2,3)31)22(30)29(21(16)28-24)17-7-9-18(10-8-17)33-23(25)26/h5-14,23H,4H2,1-3H3. The molecule has 0 aliphatic heterocycles. The summed E-state index contributed by atoms with van der Waals surface area (Å²) >= 11 is 0. The van der Waals surface area contributed by atoms with Crippen molar-refractivity contribution in [3.05, 3.63) is 71.1 Å². The van der Waals surface area contributed by atoms with Crippen molar-refractivity contribution in [2.45, 2.75) is 13.5 Å². The van der Waals surface area contributed by atoms with Crippen LogP contribution in [0.5, 0.6) is 11.8 Å². The predicted molar refractivity (Wildman–Crippen MR) is 127 cm³/mol. The lowest BCUT2D eigenvalue weighted by molar-refractivity contribution is -0.0498. The Morgan fingerprint density at radius 3 is 2.32 bits per heavy atom. The molecule has 0 saturated carbocycles. The zero-order valence-corrected chi connectivity index (χ0v) is 19.6. The zero-order chi connectivity index (χ0) is 24.5. The Morgan fingerprint density at radius 2 is 1.74 bits per heavy atom. The lowest BCUT2D eigenvalue weighted by Crippen LogP contribution is -2.22. The average molecular weight is 485 g/mol. The first-order valence-corrected chi connectivity index (χ1v) is 13.0. The van der Waals surface area contributed by atoms with Gasteiger partial charge in [-0.1, -0.05) is 24.3 Å². The van der Waals surface area contributed by atoms with Crippen LogP contribution in [0.3, 0.4) is 0 Å². The summed E-state index contributed by atoms with van der Waals surface area (Å²) in [6.45, 7) is 2.54. The lowest BCUT2D eigenvalue weighted by atomic mass is 10.1. The minimum atomic E-state index is -2.95. The Balaban J connectivity index is 1.92. The summed E-state index contributed by atoms with van der Waals surface area (Å²) < 4.78 is 48.7. The molecule has 2 heterocycles. The third-order valence-corrected chi connectivity index (χ3v) is 6.65. The normalized spacial score (nSPS) is 11.7. The van der Waals surface area contributed by atoms with E-state index in [-0.39, 0.29) is 17.3 Å². The van der Waals surface area contributed by atoms with E-state index in [0.717, 1.165) is 0 Å². The van der Waals surface area contributed by atoms with Gasteiger partial charge >= 0.3 is 12.6 Å². The van der Waals surface area contributed by atoms with E-state index in [4.69, 9.17) is 4.74 Å². The Morgan fingerprint density at radius 1 is 1.06 bits per heavy atom. The van der Waals surface area contributed by atoms with Crippen molar-refractivity contribution in [3.63, 3.8) is 0 Å². The van der Waals surface area contributed by atoms with Gasteiger partial charge in [-0.15, -0.1) is 0 Å². The van der Waals surface area contributed by atoms with Crippen molar-refractivity contribution >= 4 is 23.5 Å². The summed E-state index contributed by atoms with van der Waals surface area (Å²) in [7, 11) is -2.45. The molecule has 0 radical (unpaired) electrons. The quantitative estimate of drug-likeness (QED) is 0.353. The van der Waals surface area contributed by atoms with Crippen molar-refractivity contribution in [2.24, 2.45) is 0 Å². The predicted octanol–water partition coefficient (Wildman–Crippen LogP) is 4.70. The molecule has 2 aromatic heterocycles. The number of alkyl halides is 2. The second-order valence-electron chi connectivity index (χ2n) is 7.83. The molecule has 0 aliphatic carbocycles. The number of halogens is 2. The largest absolute Gasteiger partial charge is 0.464 e. The van der Waals surface area contributed by atoms with E-state index < -0.39 is 13.8 Å². The summed E-state index contributed by atoms with van der Waals surface area (Å²) in [5, 5.41) is 1.28. The van der Waals surface area contributed by atoms with E-state index in [2.05, 4.69) is 14.7 Å². The zero-order valence-electron chi connectivity index (χ0n) is 18.7. The van der Waals surface area contributed by atoms with Gasteiger partial charge in [0.1, 0.15) is 12.9 Å². The second-order valence-corrected chi connectivity index (χ2v) is 11.1. The number of fused-ring (bicyclic) bond motifs is 1. The molecule has 34 heavy (non-hydrogen) atoms. The van der Waals surface area contributed by atoms with Crippen LogP contribution in [0.2, 0.25) is 0 Å². The summed E-state index contributed by atoms with van der Waals surface area (Å²) in [4.78, 5) is 22.2. The molecule has 176 valence electrons. The Labute approximate surface area is 194 Å². The highest BCUT2D eigenvalue weighted by molar-refractivity contribution is 7.70. The highest BCUT2D eigenvalue weighted by atomic mass is 31.2. The van der Waals surface area contributed by atoms with E-state index in [1.54, 1.807) is 56.8 Å². The smallest absolute Gasteiger partial charge is 0.387 e. The molecular weight excluding hydrogens is 463 g/mol. The highest BCUT2D eigenvalue weighted by Crippen LogP contribution is 2.35. The topological polar surface area (TPSA) is 83.3 Å². The van der Waals surface area contributed by atoms with Crippen LogP contribution >= 0.6 is 7.14 Å². The molecule has 0 spiro atoms. The minimum absolute atomic E-state index is 0.0314. The number of hydrogen-bond donors (Lipinski definition) is 0. The fraction of sp³-hybridized carbons (Fsp3) is 0.208. The minimum Gasteiger partial charge on any atom is -0.464 e. The maximum absolute atomic E-state index is 13.7. The van der Waals surface area contributed by atoms with Gasteiger partial charge in [0.05, 0.1) is 12.3 Å². The van der Waals surface area contributed by atoms with Gasteiger partial charge in [-0.2, -0.15) is 13.8 Å². The molecule has 0 bridgehead atoms. The first-order valence-electron chi connectivity index (χ1n) is 10.4. The fourth-order valence-corrected chi connectivity index (χ4v) is 4.37. The molecule has 2 aromatic carbocycles. The molecule has 0 atom stereocenters. The van der Waals surface area contributed by atoms with Gasteiger partial charge in [0, 0.05) is 22.5 Å². The van der Waals surface area contributed by atoms with Gasteiger partial charge in [-0.25, -0.2) is 4.98 Å². The molecule has 10 heteroatoms. The number of nitrogens with zero attached hydrogens (tertiary/aromatic N) is 3. The van der Waals surface area contributed by atoms with E-state index in [1.807, 2.05) is 0 Å². The summed E-state index contributed by atoms with van der Waals surface area (Å²) in [6.07, 6.45) is 1.56. The average Bonchev–Trinajstić information content (AvgIpc) is 2.79. The molecular formula is C24H22F2N3O4P. The summed E-state index contributed by atoms with van der Waals surface area (Å²) in [5.74, 6) is -0.0314. The van der Waals surface area contributed by atoms with Crippen LogP contribution in [0.15, 0.2) is 65.6 Å². The van der Waals surface area contributed by atoms with Crippen molar-refractivity contribution in [1.82, 2.24) is 14.5 Å². The molecule has 4 aromatic rings. The maximum Gasteiger partial charge on any atom is 0.387 e. The van der Waals surface area contributed by atoms with E-state index in [1.165, 1.54) is 28.8 Å². The monoisotopic (exact) mass is 485 g/mol. The number of aromatic nitrogens is 3. The molecule has 7 nitrogen and oxygen atoms in total. The molecule has 4 rings (SSSR count). The third-order valence-electron chi connectivity index (χ3n) is 5.11. The molecule has 0 aliphatic rings. The number of rotatable bonds is 7. The first-order chi connectivity index (χ1) is 16.2. The second kappa shape index (κ2) is 9.35. The van der Waals surface area contributed by atoms with Gasteiger partial charge in [0.2, 0.25) is 0 Å². The lowest BCUT2D eigenvalue weighted by Gasteiger charge is -2.14. The Bertz CT molecular complexity index is 1430. The van der Waals surface area contributed by atoms with Crippen molar-refractivity contribution in [3.8, 4) is 28.6 Å². The molecule has 0 unspecified atom stereocenters. The molecule has 0 amide bonds. The molecule has 0 N–H and O–H groups in total. The Kier molecular flexibility index (Phi) is 6.48.